The van der Waals surface area contributed by atoms with Crippen LogP contribution in [0.2, 0.25) is 0 Å². The summed E-state index contributed by atoms with van der Waals surface area (Å²) in [5.74, 6) is 2.12. The molecule has 1 heterocycles. The lowest BCUT2D eigenvalue weighted by molar-refractivity contribution is 0.210. The zero-order valence-electron chi connectivity index (χ0n) is 10.5. The Balaban J connectivity index is 1.83. The number of benzene rings is 1. The molecule has 1 aromatic carbocycles. The van der Waals surface area contributed by atoms with Gasteiger partial charge in [-0.15, -0.1) is 0 Å². The Kier molecular flexibility index (Phi) is 5.03. The van der Waals surface area contributed by atoms with Crippen molar-refractivity contribution >= 4 is 15.9 Å². The number of methoxy groups -OCH3 is 1. The number of ether oxygens (including phenoxy) is 3. The second-order valence-electron chi connectivity index (χ2n) is 3.64. The highest BCUT2D eigenvalue weighted by Gasteiger charge is 2.03. The summed E-state index contributed by atoms with van der Waals surface area (Å²) in [6, 6.07) is 11.2. The standard InChI is InChI=1S/C14H14BrNO3/c1-17-11-5-2-3-6-12(11)18-9-10-19-13-7-4-8-16-14(13)15/h2-8H,9-10H2,1H3. The second kappa shape index (κ2) is 6.99. The van der Waals surface area contributed by atoms with Crippen LogP contribution in [-0.4, -0.2) is 25.3 Å². The van der Waals surface area contributed by atoms with Crippen LogP contribution >= 0.6 is 15.9 Å². The predicted molar refractivity (Wildman–Crippen MR) is 75.9 cm³/mol. The van der Waals surface area contributed by atoms with Crippen molar-refractivity contribution in [3.05, 3.63) is 47.2 Å². The molecule has 2 rings (SSSR count). The molecule has 0 amide bonds. The van der Waals surface area contributed by atoms with Gasteiger partial charge in [0.25, 0.3) is 0 Å². The van der Waals surface area contributed by atoms with E-state index in [-0.39, 0.29) is 0 Å². The third-order valence-electron chi connectivity index (χ3n) is 2.39. The van der Waals surface area contributed by atoms with Crippen molar-refractivity contribution in [3.8, 4) is 17.2 Å². The van der Waals surface area contributed by atoms with Crippen LogP contribution in [0.15, 0.2) is 47.2 Å². The van der Waals surface area contributed by atoms with E-state index in [1.165, 1.54) is 0 Å². The average Bonchev–Trinajstić information content (AvgIpc) is 2.45. The van der Waals surface area contributed by atoms with Gasteiger partial charge in [0.2, 0.25) is 0 Å². The van der Waals surface area contributed by atoms with Crippen molar-refractivity contribution in [3.63, 3.8) is 0 Å². The first-order valence-corrected chi connectivity index (χ1v) is 6.59. The van der Waals surface area contributed by atoms with Crippen LogP contribution in [0.25, 0.3) is 0 Å². The average molecular weight is 324 g/mol. The Morgan fingerprint density at radius 1 is 0.947 bits per heavy atom. The van der Waals surface area contributed by atoms with E-state index in [1.54, 1.807) is 13.3 Å². The van der Waals surface area contributed by atoms with Crippen molar-refractivity contribution in [1.82, 2.24) is 4.98 Å². The van der Waals surface area contributed by atoms with Crippen LogP contribution < -0.4 is 14.2 Å². The first-order valence-electron chi connectivity index (χ1n) is 5.80. The molecule has 0 saturated heterocycles. The molecule has 0 bridgehead atoms. The summed E-state index contributed by atoms with van der Waals surface area (Å²) in [6.07, 6.45) is 1.70. The number of nitrogens with zero attached hydrogens (tertiary/aromatic N) is 1. The summed E-state index contributed by atoms with van der Waals surface area (Å²) in [6.45, 7) is 0.865. The van der Waals surface area contributed by atoms with Crippen molar-refractivity contribution in [2.45, 2.75) is 0 Å². The van der Waals surface area contributed by atoms with Gasteiger partial charge in [0.1, 0.15) is 17.8 Å². The van der Waals surface area contributed by atoms with Crippen LogP contribution in [0.5, 0.6) is 17.2 Å². The zero-order chi connectivity index (χ0) is 13.5. The zero-order valence-corrected chi connectivity index (χ0v) is 12.1. The molecule has 0 aliphatic rings. The van der Waals surface area contributed by atoms with Crippen molar-refractivity contribution in [1.29, 1.82) is 0 Å². The van der Waals surface area contributed by atoms with Crippen molar-refractivity contribution in [2.75, 3.05) is 20.3 Å². The van der Waals surface area contributed by atoms with Crippen LogP contribution in [-0.2, 0) is 0 Å². The topological polar surface area (TPSA) is 40.6 Å². The summed E-state index contributed by atoms with van der Waals surface area (Å²) in [5, 5.41) is 0. The van der Waals surface area contributed by atoms with Gasteiger partial charge >= 0.3 is 0 Å². The van der Waals surface area contributed by atoms with E-state index < -0.39 is 0 Å². The summed E-state index contributed by atoms with van der Waals surface area (Å²) >= 11 is 3.32. The summed E-state index contributed by atoms with van der Waals surface area (Å²) in [5.41, 5.74) is 0. The summed E-state index contributed by atoms with van der Waals surface area (Å²) in [4.78, 5) is 4.07. The second-order valence-corrected chi connectivity index (χ2v) is 4.39. The molecule has 0 unspecified atom stereocenters. The van der Waals surface area contributed by atoms with Gasteiger partial charge in [-0.05, 0) is 40.2 Å². The molecular weight excluding hydrogens is 310 g/mol. The third kappa shape index (κ3) is 3.86. The fourth-order valence-corrected chi connectivity index (χ4v) is 1.89. The normalized spacial score (nSPS) is 10.0. The molecule has 0 radical (unpaired) electrons. The minimum atomic E-state index is 0.432. The summed E-state index contributed by atoms with van der Waals surface area (Å²) in [7, 11) is 1.62. The van der Waals surface area contributed by atoms with Gasteiger partial charge in [0, 0.05) is 6.20 Å². The maximum Gasteiger partial charge on any atom is 0.161 e. The van der Waals surface area contributed by atoms with E-state index in [9.17, 15) is 0 Å². The molecule has 1 aromatic heterocycles. The number of hydrogen-bond acceptors (Lipinski definition) is 4. The van der Waals surface area contributed by atoms with E-state index in [1.807, 2.05) is 36.4 Å². The molecule has 0 spiro atoms. The highest BCUT2D eigenvalue weighted by molar-refractivity contribution is 9.10. The Morgan fingerprint density at radius 2 is 1.58 bits per heavy atom. The molecule has 100 valence electrons. The third-order valence-corrected chi connectivity index (χ3v) is 2.99. The highest BCUT2D eigenvalue weighted by atomic mass is 79.9. The van der Waals surface area contributed by atoms with Crippen LogP contribution in [0.4, 0.5) is 0 Å². The Labute approximate surface area is 120 Å². The molecule has 0 fully saturated rings. The van der Waals surface area contributed by atoms with Crippen LogP contribution in [0.3, 0.4) is 0 Å². The Morgan fingerprint density at radius 3 is 2.26 bits per heavy atom. The maximum absolute atomic E-state index is 5.60. The van der Waals surface area contributed by atoms with Gasteiger partial charge in [-0.1, -0.05) is 12.1 Å². The van der Waals surface area contributed by atoms with Crippen LogP contribution in [0, 0.1) is 0 Å². The van der Waals surface area contributed by atoms with Gasteiger partial charge in [0.15, 0.2) is 17.2 Å². The van der Waals surface area contributed by atoms with Crippen molar-refractivity contribution < 1.29 is 14.2 Å². The Hall–Kier alpha value is -1.75. The van der Waals surface area contributed by atoms with Gasteiger partial charge in [-0.25, -0.2) is 4.98 Å². The minimum Gasteiger partial charge on any atom is -0.493 e. The minimum absolute atomic E-state index is 0.432. The molecule has 0 saturated carbocycles. The lowest BCUT2D eigenvalue weighted by Gasteiger charge is -2.11. The fourth-order valence-electron chi connectivity index (χ4n) is 1.52. The monoisotopic (exact) mass is 323 g/mol. The van der Waals surface area contributed by atoms with Gasteiger partial charge in [-0.3, -0.25) is 0 Å². The smallest absolute Gasteiger partial charge is 0.161 e. The molecule has 0 aliphatic carbocycles. The SMILES string of the molecule is COc1ccccc1OCCOc1cccnc1Br. The molecular formula is C14H14BrNO3. The van der Waals surface area contributed by atoms with Gasteiger partial charge < -0.3 is 14.2 Å². The Bertz CT molecular complexity index is 534. The number of halogens is 1. The first-order chi connectivity index (χ1) is 9.31. The number of hydrogen-bond donors (Lipinski definition) is 0. The largest absolute Gasteiger partial charge is 0.493 e. The summed E-state index contributed by atoms with van der Waals surface area (Å²) < 4.78 is 17.0. The van der Waals surface area contributed by atoms with E-state index >= 15 is 0 Å². The number of pyridine rings is 1. The van der Waals surface area contributed by atoms with E-state index in [0.717, 1.165) is 0 Å². The molecule has 2 aromatic rings. The predicted octanol–water partition coefficient (Wildman–Crippen LogP) is 3.31. The lowest BCUT2D eigenvalue weighted by atomic mass is 10.3. The van der Waals surface area contributed by atoms with E-state index in [0.29, 0.717) is 35.1 Å². The van der Waals surface area contributed by atoms with Crippen molar-refractivity contribution in [2.24, 2.45) is 0 Å². The highest BCUT2D eigenvalue weighted by Crippen LogP contribution is 2.26. The fraction of sp³-hybridized carbons (Fsp3) is 0.214. The number of aromatic nitrogens is 1. The number of para-hydroxylation sites is 2. The molecule has 5 heteroatoms. The first kappa shape index (κ1) is 13.7. The quantitative estimate of drug-likeness (QED) is 0.604. The molecule has 0 atom stereocenters. The molecule has 0 aliphatic heterocycles. The molecule has 0 N–H and O–H groups in total. The molecule has 19 heavy (non-hydrogen) atoms. The van der Waals surface area contributed by atoms with E-state index in [2.05, 4.69) is 20.9 Å². The molecule has 4 nitrogen and oxygen atoms in total. The number of rotatable bonds is 6. The van der Waals surface area contributed by atoms with Crippen LogP contribution in [0.1, 0.15) is 0 Å². The maximum atomic E-state index is 5.60. The van der Waals surface area contributed by atoms with E-state index in [4.69, 9.17) is 14.2 Å². The van der Waals surface area contributed by atoms with Gasteiger partial charge in [-0.2, -0.15) is 0 Å². The van der Waals surface area contributed by atoms with Gasteiger partial charge in [0.05, 0.1) is 7.11 Å². The lowest BCUT2D eigenvalue weighted by Crippen LogP contribution is -2.09.